The van der Waals surface area contributed by atoms with Gasteiger partial charge in [-0.05, 0) is 31.4 Å². The van der Waals surface area contributed by atoms with E-state index in [1.165, 1.54) is 25.0 Å². The second kappa shape index (κ2) is 9.23. The van der Waals surface area contributed by atoms with E-state index in [1.54, 1.807) is 26.1 Å². The molecule has 1 aliphatic heterocycles. The largest absolute Gasteiger partial charge is 0.355 e. The Kier molecular flexibility index (Phi) is 5.74. The first-order valence-electron chi connectivity index (χ1n) is 12.4. The molecule has 0 atom stereocenters. The summed E-state index contributed by atoms with van der Waals surface area (Å²) in [6.07, 6.45) is 9.79. The van der Waals surface area contributed by atoms with E-state index in [0.29, 0.717) is 28.3 Å². The summed E-state index contributed by atoms with van der Waals surface area (Å²) < 4.78 is 16.0. The summed E-state index contributed by atoms with van der Waals surface area (Å²) in [7, 11) is 0. The number of rotatable bonds is 5. The predicted molar refractivity (Wildman–Crippen MR) is 139 cm³/mol. The smallest absolute Gasteiger partial charge is 0.226 e. The molecule has 1 aliphatic rings. The Hall–Kier alpha value is -4.41. The van der Waals surface area contributed by atoms with Gasteiger partial charge in [0.1, 0.15) is 16.9 Å². The number of fused-ring (bicyclic) bond motifs is 2. The molecule has 1 saturated heterocycles. The number of pyridine rings is 3. The normalized spacial score (nSPS) is 14.1. The maximum Gasteiger partial charge on any atom is 0.226 e. The van der Waals surface area contributed by atoms with Gasteiger partial charge < -0.3 is 15.2 Å². The third-order valence-electron chi connectivity index (χ3n) is 6.61. The Morgan fingerprint density at radius 3 is 2.73 bits per heavy atom. The van der Waals surface area contributed by atoms with Crippen LogP contribution in [0.2, 0.25) is 0 Å². The van der Waals surface area contributed by atoms with Crippen LogP contribution >= 0.6 is 0 Å². The topological polar surface area (TPSA) is 128 Å². The third-order valence-corrected chi connectivity index (χ3v) is 6.61. The number of anilines is 2. The molecule has 11 heteroatoms. The molecular weight excluding hydrogens is 473 g/mol. The minimum absolute atomic E-state index is 0.107. The number of amides is 1. The van der Waals surface area contributed by atoms with E-state index in [0.717, 1.165) is 42.8 Å². The number of carbonyl (C=O) groups is 1. The minimum atomic E-state index is -0.551. The van der Waals surface area contributed by atoms with Gasteiger partial charge in [-0.2, -0.15) is 5.10 Å². The number of hydrogen-bond donors (Lipinski definition) is 3. The molecule has 0 radical (unpaired) electrons. The molecule has 37 heavy (non-hydrogen) atoms. The van der Waals surface area contributed by atoms with Gasteiger partial charge in [-0.1, -0.05) is 13.8 Å². The molecule has 6 rings (SSSR count). The molecule has 3 N–H and O–H groups in total. The van der Waals surface area contributed by atoms with E-state index in [9.17, 15) is 4.79 Å². The molecule has 188 valence electrons. The van der Waals surface area contributed by atoms with Gasteiger partial charge in [-0.15, -0.1) is 0 Å². The maximum atomic E-state index is 16.0. The molecular formula is C26H26FN9O. The van der Waals surface area contributed by atoms with Crippen LogP contribution in [-0.2, 0) is 4.79 Å². The van der Waals surface area contributed by atoms with E-state index >= 15 is 4.39 Å². The first-order chi connectivity index (χ1) is 18.0. The second-order valence-corrected chi connectivity index (χ2v) is 9.55. The monoisotopic (exact) mass is 499 g/mol. The lowest BCUT2D eigenvalue weighted by Gasteiger charge is -2.27. The first-order valence-corrected chi connectivity index (χ1v) is 12.4. The van der Waals surface area contributed by atoms with Crippen LogP contribution in [0.3, 0.4) is 0 Å². The second-order valence-electron chi connectivity index (χ2n) is 9.55. The summed E-state index contributed by atoms with van der Waals surface area (Å²) in [4.78, 5) is 35.5. The number of aromatic amines is 2. The van der Waals surface area contributed by atoms with Gasteiger partial charge >= 0.3 is 0 Å². The highest BCUT2D eigenvalue weighted by atomic mass is 19.1. The molecule has 0 saturated carbocycles. The van der Waals surface area contributed by atoms with Gasteiger partial charge in [-0.25, -0.2) is 14.4 Å². The summed E-state index contributed by atoms with van der Waals surface area (Å²) >= 11 is 0. The fraction of sp³-hybridized carbons (Fsp3) is 0.308. The van der Waals surface area contributed by atoms with Crippen LogP contribution in [0.4, 0.5) is 15.9 Å². The maximum absolute atomic E-state index is 16.0. The number of carbonyl (C=O) groups excluding carboxylic acids is 1. The fourth-order valence-corrected chi connectivity index (χ4v) is 4.64. The van der Waals surface area contributed by atoms with Crippen LogP contribution in [-0.4, -0.2) is 54.1 Å². The number of nitrogens with one attached hydrogen (secondary N) is 3. The van der Waals surface area contributed by atoms with Gasteiger partial charge in [0.05, 0.1) is 34.5 Å². The van der Waals surface area contributed by atoms with Gasteiger partial charge in [0.25, 0.3) is 0 Å². The summed E-state index contributed by atoms with van der Waals surface area (Å²) in [5.41, 5.74) is 3.37. The van der Waals surface area contributed by atoms with Crippen molar-refractivity contribution in [3.63, 3.8) is 0 Å². The lowest BCUT2D eigenvalue weighted by atomic mass is 10.1. The molecule has 0 bridgehead atoms. The average Bonchev–Trinajstić information content (AvgIpc) is 3.54. The van der Waals surface area contributed by atoms with Crippen molar-refractivity contribution in [1.29, 1.82) is 0 Å². The predicted octanol–water partition coefficient (Wildman–Crippen LogP) is 4.68. The van der Waals surface area contributed by atoms with Gasteiger partial charge in [-0.3, -0.25) is 19.9 Å². The molecule has 5 aromatic rings. The van der Waals surface area contributed by atoms with E-state index in [1.807, 2.05) is 6.07 Å². The Morgan fingerprint density at radius 1 is 1.08 bits per heavy atom. The van der Waals surface area contributed by atoms with Crippen LogP contribution in [0.1, 0.15) is 33.1 Å². The number of H-pyrrole nitrogens is 2. The fourth-order valence-electron chi connectivity index (χ4n) is 4.64. The van der Waals surface area contributed by atoms with Crippen molar-refractivity contribution in [3.8, 4) is 22.8 Å². The number of halogens is 1. The standard InChI is InChI=1S/C26H26FN9O/c1-14(2)26(37)31-16-10-15(11-28-12-16)21-20(27)19-18(13-30-21)34-35-23(19)24-32-17-6-7-29-25(22(17)33-24)36-8-4-3-5-9-36/h6-7,10-14H,3-5,8-9H2,1-2H3,(H,31,37)(H,32,33)(H,34,35). The number of imidazole rings is 1. The highest BCUT2D eigenvalue weighted by Crippen LogP contribution is 2.34. The minimum Gasteiger partial charge on any atom is -0.355 e. The van der Waals surface area contributed by atoms with E-state index in [4.69, 9.17) is 4.98 Å². The van der Waals surface area contributed by atoms with Crippen molar-refractivity contribution in [2.45, 2.75) is 33.1 Å². The van der Waals surface area contributed by atoms with Crippen LogP contribution in [0.5, 0.6) is 0 Å². The highest BCUT2D eigenvalue weighted by molar-refractivity contribution is 5.97. The van der Waals surface area contributed by atoms with Crippen molar-refractivity contribution in [3.05, 3.63) is 42.7 Å². The Morgan fingerprint density at radius 2 is 1.92 bits per heavy atom. The van der Waals surface area contributed by atoms with Crippen molar-refractivity contribution < 1.29 is 9.18 Å². The molecule has 5 aromatic heterocycles. The molecule has 0 aromatic carbocycles. The van der Waals surface area contributed by atoms with E-state index in [-0.39, 0.29) is 22.9 Å². The summed E-state index contributed by atoms with van der Waals surface area (Å²) in [6, 6.07) is 3.52. The zero-order valence-corrected chi connectivity index (χ0v) is 20.5. The Bertz CT molecular complexity index is 1620. The lowest BCUT2D eigenvalue weighted by molar-refractivity contribution is -0.118. The Labute approximate surface area is 211 Å². The van der Waals surface area contributed by atoms with Crippen LogP contribution in [0.15, 0.2) is 36.9 Å². The van der Waals surface area contributed by atoms with Crippen LogP contribution in [0, 0.1) is 11.7 Å². The summed E-state index contributed by atoms with van der Waals surface area (Å²) in [6.45, 7) is 5.47. The van der Waals surface area contributed by atoms with E-state index < -0.39 is 5.82 Å². The number of nitrogens with zero attached hydrogens (tertiary/aromatic N) is 6. The first kappa shape index (κ1) is 23.0. The zero-order valence-electron chi connectivity index (χ0n) is 20.5. The number of aromatic nitrogens is 7. The van der Waals surface area contributed by atoms with Crippen LogP contribution < -0.4 is 10.2 Å². The van der Waals surface area contributed by atoms with Crippen molar-refractivity contribution in [2.75, 3.05) is 23.3 Å². The quantitative estimate of drug-likeness (QED) is 0.320. The summed E-state index contributed by atoms with van der Waals surface area (Å²) in [5, 5.41) is 10.3. The lowest BCUT2D eigenvalue weighted by Crippen LogP contribution is -2.30. The molecule has 10 nitrogen and oxygen atoms in total. The van der Waals surface area contributed by atoms with Crippen molar-refractivity contribution in [1.82, 2.24) is 35.1 Å². The third kappa shape index (κ3) is 4.15. The van der Waals surface area contributed by atoms with Crippen LogP contribution in [0.25, 0.3) is 44.7 Å². The zero-order chi connectivity index (χ0) is 25.5. The summed E-state index contributed by atoms with van der Waals surface area (Å²) in [5.74, 6) is 0.375. The number of piperidine rings is 1. The molecule has 1 amide bonds. The van der Waals surface area contributed by atoms with Crippen molar-refractivity contribution in [2.24, 2.45) is 5.92 Å². The molecule has 0 unspecified atom stereocenters. The highest BCUT2D eigenvalue weighted by Gasteiger charge is 2.23. The van der Waals surface area contributed by atoms with Gasteiger partial charge in [0.15, 0.2) is 17.5 Å². The van der Waals surface area contributed by atoms with Gasteiger partial charge in [0, 0.05) is 37.0 Å². The molecule has 1 fully saturated rings. The van der Waals surface area contributed by atoms with E-state index in [2.05, 4.69) is 40.3 Å². The molecule has 0 aliphatic carbocycles. The molecule has 0 spiro atoms. The van der Waals surface area contributed by atoms with Crippen molar-refractivity contribution >= 4 is 39.3 Å². The molecule has 6 heterocycles. The SMILES string of the molecule is CC(C)C(=O)Nc1cncc(-c2ncc3[nH]nc(-c4nc5c(N6CCCCC6)nccc5[nH]4)c3c2F)c1. The Balaban J connectivity index is 1.42. The number of hydrogen-bond acceptors (Lipinski definition) is 7. The van der Waals surface area contributed by atoms with Gasteiger partial charge in [0.2, 0.25) is 5.91 Å². The average molecular weight is 500 g/mol.